The first kappa shape index (κ1) is 14.4. The molecular formula is C17H15N3OS. The van der Waals surface area contributed by atoms with Crippen LogP contribution in [0.5, 0.6) is 5.75 Å². The van der Waals surface area contributed by atoms with Crippen LogP contribution in [-0.4, -0.2) is 17.1 Å². The number of anilines is 2. The number of nitrogens with zero attached hydrogens (tertiary/aromatic N) is 2. The molecular weight excluding hydrogens is 294 g/mol. The van der Waals surface area contributed by atoms with Gasteiger partial charge in [-0.3, -0.25) is 0 Å². The van der Waals surface area contributed by atoms with Gasteiger partial charge >= 0.3 is 0 Å². The topological polar surface area (TPSA) is 47.0 Å². The highest BCUT2D eigenvalue weighted by Gasteiger charge is 2.11. The van der Waals surface area contributed by atoms with E-state index in [1.54, 1.807) is 37.3 Å². The van der Waals surface area contributed by atoms with E-state index >= 15 is 0 Å². The largest absolute Gasteiger partial charge is 0.495 e. The standard InChI is InChI=1S/C17H15N3OS/c1-21-14-9-5-10-15(22-13-7-3-2-4-8-13)16(14)20-17-18-11-6-12-19-17/h2-12H,1H3,(H,18,19,20). The van der Waals surface area contributed by atoms with Crippen LogP contribution in [0.4, 0.5) is 11.6 Å². The Morgan fingerprint density at radius 1 is 0.909 bits per heavy atom. The number of benzene rings is 2. The monoisotopic (exact) mass is 309 g/mol. The molecule has 0 spiro atoms. The second kappa shape index (κ2) is 6.95. The van der Waals surface area contributed by atoms with Crippen molar-refractivity contribution in [1.29, 1.82) is 0 Å². The van der Waals surface area contributed by atoms with Crippen molar-refractivity contribution in [2.24, 2.45) is 0 Å². The van der Waals surface area contributed by atoms with Crippen molar-refractivity contribution >= 4 is 23.4 Å². The van der Waals surface area contributed by atoms with Crippen molar-refractivity contribution in [3.8, 4) is 5.75 Å². The molecule has 3 rings (SSSR count). The fraction of sp³-hybridized carbons (Fsp3) is 0.0588. The third-order valence-corrected chi connectivity index (χ3v) is 4.05. The van der Waals surface area contributed by atoms with Crippen LogP contribution in [0.2, 0.25) is 0 Å². The third kappa shape index (κ3) is 3.38. The number of ether oxygens (including phenoxy) is 1. The Labute approximate surface area is 133 Å². The van der Waals surface area contributed by atoms with Gasteiger partial charge in [0.1, 0.15) is 5.75 Å². The van der Waals surface area contributed by atoms with Crippen molar-refractivity contribution in [3.05, 3.63) is 67.0 Å². The minimum absolute atomic E-state index is 0.543. The predicted molar refractivity (Wildman–Crippen MR) is 88.9 cm³/mol. The second-order valence-corrected chi connectivity index (χ2v) is 5.56. The number of rotatable bonds is 5. The first-order valence-electron chi connectivity index (χ1n) is 6.81. The average Bonchev–Trinajstić information content (AvgIpc) is 2.58. The van der Waals surface area contributed by atoms with E-state index in [-0.39, 0.29) is 0 Å². The van der Waals surface area contributed by atoms with Gasteiger partial charge in [0.15, 0.2) is 0 Å². The normalized spacial score (nSPS) is 10.2. The molecule has 0 aliphatic rings. The van der Waals surface area contributed by atoms with E-state index in [9.17, 15) is 0 Å². The van der Waals surface area contributed by atoms with Crippen LogP contribution in [0.15, 0.2) is 76.8 Å². The number of hydrogen-bond acceptors (Lipinski definition) is 5. The zero-order valence-electron chi connectivity index (χ0n) is 12.1. The van der Waals surface area contributed by atoms with Crippen molar-refractivity contribution < 1.29 is 4.74 Å². The second-order valence-electron chi connectivity index (χ2n) is 4.45. The molecule has 0 saturated heterocycles. The van der Waals surface area contributed by atoms with Gasteiger partial charge in [0, 0.05) is 22.2 Å². The molecule has 4 nitrogen and oxygen atoms in total. The van der Waals surface area contributed by atoms with Gasteiger partial charge in [-0.1, -0.05) is 36.0 Å². The van der Waals surface area contributed by atoms with Crippen LogP contribution in [0.25, 0.3) is 0 Å². The summed E-state index contributed by atoms with van der Waals surface area (Å²) in [7, 11) is 1.66. The smallest absolute Gasteiger partial charge is 0.227 e. The van der Waals surface area contributed by atoms with Gasteiger partial charge in [-0.2, -0.15) is 0 Å². The third-order valence-electron chi connectivity index (χ3n) is 2.98. The lowest BCUT2D eigenvalue weighted by atomic mass is 10.3. The van der Waals surface area contributed by atoms with E-state index in [4.69, 9.17) is 4.74 Å². The quantitative estimate of drug-likeness (QED) is 0.758. The average molecular weight is 309 g/mol. The molecule has 2 aromatic carbocycles. The molecule has 0 saturated carbocycles. The molecule has 22 heavy (non-hydrogen) atoms. The van der Waals surface area contributed by atoms with E-state index in [1.165, 1.54) is 0 Å². The first-order valence-corrected chi connectivity index (χ1v) is 7.62. The Bertz CT molecular complexity index is 735. The number of aromatic nitrogens is 2. The zero-order chi connectivity index (χ0) is 15.2. The number of hydrogen-bond donors (Lipinski definition) is 1. The van der Waals surface area contributed by atoms with Crippen LogP contribution < -0.4 is 10.1 Å². The summed E-state index contributed by atoms with van der Waals surface area (Å²) in [5.74, 6) is 1.30. The van der Waals surface area contributed by atoms with Gasteiger partial charge in [0.25, 0.3) is 0 Å². The SMILES string of the molecule is COc1cccc(Sc2ccccc2)c1Nc1ncccn1. The molecule has 110 valence electrons. The highest BCUT2D eigenvalue weighted by molar-refractivity contribution is 7.99. The van der Waals surface area contributed by atoms with Gasteiger partial charge < -0.3 is 10.1 Å². The molecule has 0 aliphatic carbocycles. The highest BCUT2D eigenvalue weighted by Crippen LogP contribution is 2.39. The van der Waals surface area contributed by atoms with E-state index in [2.05, 4.69) is 27.4 Å². The van der Waals surface area contributed by atoms with Crippen LogP contribution in [0, 0.1) is 0 Å². The van der Waals surface area contributed by atoms with E-state index < -0.39 is 0 Å². The minimum atomic E-state index is 0.543. The van der Waals surface area contributed by atoms with Gasteiger partial charge in [0.05, 0.1) is 12.8 Å². The summed E-state index contributed by atoms with van der Waals surface area (Å²) in [6.45, 7) is 0. The number of para-hydroxylation sites is 1. The molecule has 1 aromatic heterocycles. The molecule has 0 aliphatic heterocycles. The van der Waals surface area contributed by atoms with Gasteiger partial charge in [-0.15, -0.1) is 0 Å². The molecule has 0 bridgehead atoms. The molecule has 1 N–H and O–H groups in total. The molecule has 0 unspecified atom stereocenters. The molecule has 5 heteroatoms. The first-order chi connectivity index (χ1) is 10.9. The van der Waals surface area contributed by atoms with Crippen molar-refractivity contribution in [2.45, 2.75) is 9.79 Å². The summed E-state index contributed by atoms with van der Waals surface area (Å²) in [5, 5.41) is 3.24. The lowest BCUT2D eigenvalue weighted by Crippen LogP contribution is -2.00. The maximum absolute atomic E-state index is 5.46. The fourth-order valence-corrected chi connectivity index (χ4v) is 2.93. The molecule has 0 amide bonds. The number of methoxy groups -OCH3 is 1. The molecule has 0 fully saturated rings. The van der Waals surface area contributed by atoms with Gasteiger partial charge in [0.2, 0.25) is 5.95 Å². The summed E-state index contributed by atoms with van der Waals surface area (Å²) in [5.41, 5.74) is 0.866. The summed E-state index contributed by atoms with van der Waals surface area (Å²) in [4.78, 5) is 10.6. The maximum atomic E-state index is 5.46. The van der Waals surface area contributed by atoms with E-state index in [1.807, 2.05) is 36.4 Å². The fourth-order valence-electron chi connectivity index (χ4n) is 1.98. The van der Waals surface area contributed by atoms with Crippen molar-refractivity contribution in [3.63, 3.8) is 0 Å². The molecule has 0 atom stereocenters. The Kier molecular flexibility index (Phi) is 4.56. The summed E-state index contributed by atoms with van der Waals surface area (Å²) < 4.78 is 5.46. The van der Waals surface area contributed by atoms with Crippen LogP contribution in [0.3, 0.4) is 0 Å². The Hall–Kier alpha value is -2.53. The summed E-state index contributed by atoms with van der Waals surface area (Å²) >= 11 is 1.66. The zero-order valence-corrected chi connectivity index (χ0v) is 12.9. The van der Waals surface area contributed by atoms with Crippen LogP contribution >= 0.6 is 11.8 Å². The summed E-state index contributed by atoms with van der Waals surface area (Å²) in [6.07, 6.45) is 3.41. The van der Waals surface area contributed by atoms with Gasteiger partial charge in [-0.05, 0) is 30.3 Å². The minimum Gasteiger partial charge on any atom is -0.495 e. The van der Waals surface area contributed by atoms with E-state index in [0.29, 0.717) is 5.95 Å². The Morgan fingerprint density at radius 3 is 2.41 bits per heavy atom. The van der Waals surface area contributed by atoms with Gasteiger partial charge in [-0.25, -0.2) is 9.97 Å². The van der Waals surface area contributed by atoms with Crippen molar-refractivity contribution in [2.75, 3.05) is 12.4 Å². The maximum Gasteiger partial charge on any atom is 0.227 e. The molecule has 0 radical (unpaired) electrons. The van der Waals surface area contributed by atoms with Crippen LogP contribution in [-0.2, 0) is 0 Å². The lowest BCUT2D eigenvalue weighted by molar-refractivity contribution is 0.416. The Morgan fingerprint density at radius 2 is 1.68 bits per heavy atom. The predicted octanol–water partition coefficient (Wildman–Crippen LogP) is 4.38. The summed E-state index contributed by atoms with van der Waals surface area (Å²) in [6, 6.07) is 17.9. The lowest BCUT2D eigenvalue weighted by Gasteiger charge is -2.14. The number of nitrogens with one attached hydrogen (secondary N) is 1. The Balaban J connectivity index is 1.95. The molecule has 1 heterocycles. The highest BCUT2D eigenvalue weighted by atomic mass is 32.2. The van der Waals surface area contributed by atoms with Crippen LogP contribution in [0.1, 0.15) is 0 Å². The van der Waals surface area contributed by atoms with Crippen molar-refractivity contribution in [1.82, 2.24) is 9.97 Å². The van der Waals surface area contributed by atoms with E-state index in [0.717, 1.165) is 21.2 Å². The molecule has 3 aromatic rings.